The highest BCUT2D eigenvalue weighted by Crippen LogP contribution is 2.28. The van der Waals surface area contributed by atoms with Crippen molar-refractivity contribution in [2.45, 2.75) is 26.8 Å². The average molecular weight is 357 g/mol. The lowest BCUT2D eigenvalue weighted by atomic mass is 10.1. The van der Waals surface area contributed by atoms with Crippen molar-refractivity contribution in [3.8, 4) is 0 Å². The summed E-state index contributed by atoms with van der Waals surface area (Å²) >= 11 is 3.41. The molecular formula is C15H15BrF2N2O. The van der Waals surface area contributed by atoms with Gasteiger partial charge in [0.1, 0.15) is 5.69 Å². The van der Waals surface area contributed by atoms with Gasteiger partial charge in [-0.15, -0.1) is 0 Å². The number of aromatic nitrogens is 1. The number of benzene rings is 1. The maximum atomic E-state index is 12.5. The van der Waals surface area contributed by atoms with Crippen molar-refractivity contribution in [3.63, 3.8) is 0 Å². The average Bonchev–Trinajstić information content (AvgIpc) is 2.80. The molecular weight excluding hydrogens is 342 g/mol. The molecule has 2 aromatic rings. The van der Waals surface area contributed by atoms with Crippen molar-refractivity contribution < 1.29 is 13.6 Å². The molecule has 21 heavy (non-hydrogen) atoms. The van der Waals surface area contributed by atoms with Gasteiger partial charge in [0, 0.05) is 10.7 Å². The Kier molecular flexibility index (Phi) is 4.77. The fourth-order valence-corrected chi connectivity index (χ4v) is 2.95. The summed E-state index contributed by atoms with van der Waals surface area (Å²) in [7, 11) is 0. The van der Waals surface area contributed by atoms with Crippen LogP contribution in [0.5, 0.6) is 0 Å². The summed E-state index contributed by atoms with van der Waals surface area (Å²) in [4.78, 5) is 12.3. The Hall–Kier alpha value is -1.69. The Labute approximate surface area is 130 Å². The third-order valence-electron chi connectivity index (χ3n) is 3.07. The maximum Gasteiger partial charge on any atom is 0.272 e. The van der Waals surface area contributed by atoms with E-state index in [2.05, 4.69) is 21.2 Å². The second-order valence-electron chi connectivity index (χ2n) is 4.83. The van der Waals surface area contributed by atoms with Crippen LogP contribution in [0.25, 0.3) is 0 Å². The topological polar surface area (TPSA) is 34.0 Å². The lowest BCUT2D eigenvalue weighted by Crippen LogP contribution is -2.19. The van der Waals surface area contributed by atoms with Crippen molar-refractivity contribution >= 4 is 27.5 Å². The minimum atomic E-state index is -2.50. The fraction of sp³-hybridized carbons (Fsp3) is 0.267. The molecule has 0 spiro atoms. The van der Waals surface area contributed by atoms with E-state index in [9.17, 15) is 13.6 Å². The van der Waals surface area contributed by atoms with Crippen LogP contribution in [0, 0.1) is 13.8 Å². The van der Waals surface area contributed by atoms with Gasteiger partial charge in [-0.2, -0.15) is 0 Å². The molecule has 0 bridgehead atoms. The van der Waals surface area contributed by atoms with E-state index < -0.39 is 18.9 Å². The zero-order chi connectivity index (χ0) is 15.6. The Bertz CT molecular complexity index is 644. The van der Waals surface area contributed by atoms with Gasteiger partial charge in [0.05, 0.1) is 12.2 Å². The summed E-state index contributed by atoms with van der Waals surface area (Å²) in [6.07, 6.45) is -1.03. The molecule has 1 heterocycles. The Balaban J connectivity index is 2.25. The summed E-state index contributed by atoms with van der Waals surface area (Å²) in [6, 6.07) is 6.93. The normalized spacial score (nSPS) is 11.0. The number of amides is 1. The first kappa shape index (κ1) is 15.7. The number of hydrogen-bond donors (Lipinski definition) is 1. The number of alkyl halides is 2. The number of nitrogens with one attached hydrogen (secondary N) is 1. The number of hydrogen-bond acceptors (Lipinski definition) is 1. The van der Waals surface area contributed by atoms with E-state index in [0.29, 0.717) is 5.69 Å². The van der Waals surface area contributed by atoms with Gasteiger partial charge in [0.25, 0.3) is 12.3 Å². The zero-order valence-electron chi connectivity index (χ0n) is 11.7. The van der Waals surface area contributed by atoms with E-state index in [1.807, 2.05) is 26.0 Å². The molecule has 0 saturated carbocycles. The minimum absolute atomic E-state index is 0.210. The van der Waals surface area contributed by atoms with Crippen molar-refractivity contribution in [1.82, 2.24) is 4.57 Å². The Morgan fingerprint density at radius 2 is 2.10 bits per heavy atom. The molecule has 0 aliphatic rings. The van der Waals surface area contributed by atoms with E-state index >= 15 is 0 Å². The smallest absolute Gasteiger partial charge is 0.272 e. The molecule has 1 N–H and O–H groups in total. The molecule has 0 atom stereocenters. The lowest BCUT2D eigenvalue weighted by Gasteiger charge is -2.13. The molecule has 0 aliphatic carbocycles. The zero-order valence-corrected chi connectivity index (χ0v) is 13.2. The van der Waals surface area contributed by atoms with Crippen LogP contribution < -0.4 is 5.32 Å². The predicted molar refractivity (Wildman–Crippen MR) is 82.0 cm³/mol. The summed E-state index contributed by atoms with van der Waals surface area (Å²) < 4.78 is 27.0. The molecule has 2 rings (SSSR count). The molecule has 0 saturated heterocycles. The molecule has 0 unspecified atom stereocenters. The van der Waals surface area contributed by atoms with E-state index in [1.165, 1.54) is 16.8 Å². The minimum Gasteiger partial charge on any atom is -0.338 e. The number of aryl methyl sites for hydroxylation is 2. The standard InChI is InChI=1S/C15H15BrF2N2O/c1-9-6-10(2)14(11(16)7-9)19-15(21)12-4-3-5-20(12)8-13(17)18/h3-7,13H,8H2,1-2H3,(H,19,21). The molecule has 0 radical (unpaired) electrons. The molecule has 0 aliphatic heterocycles. The van der Waals surface area contributed by atoms with E-state index in [1.54, 1.807) is 6.07 Å². The van der Waals surface area contributed by atoms with Crippen LogP contribution in [-0.2, 0) is 6.54 Å². The van der Waals surface area contributed by atoms with Crippen molar-refractivity contribution in [2.24, 2.45) is 0 Å². The summed E-state index contributed by atoms with van der Waals surface area (Å²) in [5.74, 6) is -0.409. The van der Waals surface area contributed by atoms with Crippen molar-refractivity contribution in [1.29, 1.82) is 0 Å². The monoisotopic (exact) mass is 356 g/mol. The Morgan fingerprint density at radius 3 is 2.71 bits per heavy atom. The van der Waals surface area contributed by atoms with Crippen LogP contribution in [-0.4, -0.2) is 16.9 Å². The SMILES string of the molecule is Cc1cc(C)c(NC(=O)c2cccn2CC(F)F)c(Br)c1. The molecule has 1 aromatic heterocycles. The van der Waals surface area contributed by atoms with Crippen LogP contribution in [0.15, 0.2) is 34.9 Å². The van der Waals surface area contributed by atoms with Gasteiger partial charge in [-0.1, -0.05) is 6.07 Å². The van der Waals surface area contributed by atoms with Crippen LogP contribution in [0.2, 0.25) is 0 Å². The first-order valence-electron chi connectivity index (χ1n) is 6.40. The van der Waals surface area contributed by atoms with Gasteiger partial charge in [0.2, 0.25) is 0 Å². The second-order valence-corrected chi connectivity index (χ2v) is 5.68. The predicted octanol–water partition coefficient (Wildman–Crippen LogP) is 4.38. The maximum absolute atomic E-state index is 12.5. The third kappa shape index (κ3) is 3.69. The fourth-order valence-electron chi connectivity index (χ4n) is 2.18. The molecule has 1 aromatic carbocycles. The number of nitrogens with zero attached hydrogens (tertiary/aromatic N) is 1. The molecule has 3 nitrogen and oxygen atoms in total. The van der Waals surface area contributed by atoms with Gasteiger partial charge < -0.3 is 9.88 Å². The summed E-state index contributed by atoms with van der Waals surface area (Å²) in [6.45, 7) is 3.34. The van der Waals surface area contributed by atoms with Gasteiger partial charge in [-0.05, 0) is 59.1 Å². The van der Waals surface area contributed by atoms with Crippen LogP contribution in [0.4, 0.5) is 14.5 Å². The van der Waals surface area contributed by atoms with Gasteiger partial charge in [-0.25, -0.2) is 8.78 Å². The highest BCUT2D eigenvalue weighted by atomic mass is 79.9. The first-order valence-corrected chi connectivity index (χ1v) is 7.19. The molecule has 6 heteroatoms. The molecule has 1 amide bonds. The largest absolute Gasteiger partial charge is 0.338 e. The number of carbonyl (C=O) groups excluding carboxylic acids is 1. The Morgan fingerprint density at radius 1 is 1.38 bits per heavy atom. The van der Waals surface area contributed by atoms with Gasteiger partial charge in [-0.3, -0.25) is 4.79 Å². The first-order chi connectivity index (χ1) is 9.88. The quantitative estimate of drug-likeness (QED) is 0.866. The lowest BCUT2D eigenvalue weighted by molar-refractivity contribution is 0.0997. The highest BCUT2D eigenvalue weighted by Gasteiger charge is 2.16. The second kappa shape index (κ2) is 6.39. The van der Waals surface area contributed by atoms with Crippen LogP contribution >= 0.6 is 15.9 Å². The van der Waals surface area contributed by atoms with Crippen LogP contribution in [0.3, 0.4) is 0 Å². The number of anilines is 1. The highest BCUT2D eigenvalue weighted by molar-refractivity contribution is 9.10. The van der Waals surface area contributed by atoms with E-state index in [0.717, 1.165) is 15.6 Å². The number of carbonyl (C=O) groups is 1. The van der Waals surface area contributed by atoms with Gasteiger partial charge >= 0.3 is 0 Å². The van der Waals surface area contributed by atoms with E-state index in [4.69, 9.17) is 0 Å². The molecule has 112 valence electrons. The van der Waals surface area contributed by atoms with Crippen LogP contribution in [0.1, 0.15) is 21.6 Å². The van der Waals surface area contributed by atoms with Gasteiger partial charge in [0.15, 0.2) is 0 Å². The summed E-state index contributed by atoms with van der Waals surface area (Å²) in [5.41, 5.74) is 2.83. The van der Waals surface area contributed by atoms with Crippen molar-refractivity contribution in [3.05, 3.63) is 51.8 Å². The number of halogens is 3. The van der Waals surface area contributed by atoms with Crippen molar-refractivity contribution in [2.75, 3.05) is 5.32 Å². The molecule has 0 fully saturated rings. The summed E-state index contributed by atoms with van der Waals surface area (Å²) in [5, 5.41) is 2.77. The third-order valence-corrected chi connectivity index (χ3v) is 3.69. The number of rotatable bonds is 4. The van der Waals surface area contributed by atoms with E-state index in [-0.39, 0.29) is 5.69 Å².